The number of carboxylic acid groups (broad SMARTS) is 1. The first kappa shape index (κ1) is 22.9. The van der Waals surface area contributed by atoms with E-state index in [9.17, 15) is 28.2 Å². The molecule has 10 heteroatoms. The van der Waals surface area contributed by atoms with Crippen molar-refractivity contribution in [1.29, 1.82) is 0 Å². The molecule has 4 N–H and O–H groups in total. The van der Waals surface area contributed by atoms with Crippen molar-refractivity contribution in [1.82, 2.24) is 14.4 Å². The summed E-state index contributed by atoms with van der Waals surface area (Å²) in [5.41, 5.74) is 4.47. The van der Waals surface area contributed by atoms with Crippen molar-refractivity contribution in [2.75, 3.05) is 5.73 Å². The van der Waals surface area contributed by atoms with E-state index in [1.165, 1.54) is 25.3 Å². The number of fused-ring (bicyclic) bond motifs is 1. The lowest BCUT2D eigenvalue weighted by molar-refractivity contribution is -0.140. The van der Waals surface area contributed by atoms with Crippen LogP contribution in [0.25, 0.3) is 16.8 Å². The average molecular weight is 482 g/mol. The number of aliphatic hydroxyl groups is 1. The fourth-order valence-corrected chi connectivity index (χ4v) is 4.38. The molecule has 0 saturated heterocycles. The van der Waals surface area contributed by atoms with Gasteiger partial charge in [0.15, 0.2) is 0 Å². The Labute approximate surface area is 197 Å². The van der Waals surface area contributed by atoms with Crippen LogP contribution in [0.5, 0.6) is 0 Å². The second kappa shape index (κ2) is 7.54. The topological polar surface area (TPSA) is 114 Å². The van der Waals surface area contributed by atoms with Crippen molar-refractivity contribution >= 4 is 17.3 Å². The SMILES string of the molecule is C[C@@](O)(c1ccc(-c2nc(C3(C(=O)O)CC3)n3ccnc(N)c23)cc1)c1cccc(C(F)(F)F)c1. The first-order valence-electron chi connectivity index (χ1n) is 10.8. The molecule has 180 valence electrons. The molecule has 2 heterocycles. The summed E-state index contributed by atoms with van der Waals surface area (Å²) < 4.78 is 41.1. The van der Waals surface area contributed by atoms with Gasteiger partial charge in [-0.3, -0.25) is 9.20 Å². The molecular formula is C25H21F3N4O3. The van der Waals surface area contributed by atoms with Crippen molar-refractivity contribution in [3.05, 3.63) is 83.4 Å². The largest absolute Gasteiger partial charge is 0.480 e. The second-order valence-corrected chi connectivity index (χ2v) is 8.93. The fraction of sp³-hybridized carbons (Fsp3) is 0.240. The van der Waals surface area contributed by atoms with Crippen LogP contribution in [0.2, 0.25) is 0 Å². The van der Waals surface area contributed by atoms with E-state index in [0.717, 1.165) is 12.1 Å². The van der Waals surface area contributed by atoms with Crippen LogP contribution in [0.15, 0.2) is 60.9 Å². The van der Waals surface area contributed by atoms with Crippen LogP contribution in [0.3, 0.4) is 0 Å². The first-order chi connectivity index (χ1) is 16.4. The molecule has 1 saturated carbocycles. The minimum atomic E-state index is -4.53. The molecule has 7 nitrogen and oxygen atoms in total. The number of aromatic nitrogens is 3. The molecule has 0 amide bonds. The number of alkyl halides is 3. The van der Waals surface area contributed by atoms with Gasteiger partial charge < -0.3 is 15.9 Å². The number of halogens is 3. The molecule has 1 aliphatic rings. The maximum Gasteiger partial charge on any atom is 0.416 e. The quantitative estimate of drug-likeness (QED) is 0.389. The van der Waals surface area contributed by atoms with Crippen LogP contribution < -0.4 is 5.73 Å². The van der Waals surface area contributed by atoms with Gasteiger partial charge >= 0.3 is 12.1 Å². The summed E-state index contributed by atoms with van der Waals surface area (Å²) in [7, 11) is 0. The van der Waals surface area contributed by atoms with E-state index < -0.39 is 28.7 Å². The molecule has 35 heavy (non-hydrogen) atoms. The zero-order valence-electron chi connectivity index (χ0n) is 18.5. The molecule has 2 aromatic heterocycles. The Morgan fingerprint density at radius 3 is 2.34 bits per heavy atom. The third-order valence-corrected chi connectivity index (χ3v) is 6.64. The molecule has 0 unspecified atom stereocenters. The number of nitrogens with two attached hydrogens (primary N) is 1. The van der Waals surface area contributed by atoms with E-state index in [0.29, 0.717) is 41.0 Å². The number of hydrogen-bond donors (Lipinski definition) is 3. The summed E-state index contributed by atoms with van der Waals surface area (Å²) in [5.74, 6) is -0.412. The van der Waals surface area contributed by atoms with E-state index in [1.807, 2.05) is 0 Å². The monoisotopic (exact) mass is 482 g/mol. The maximum atomic E-state index is 13.2. The molecule has 0 bridgehead atoms. The standard InChI is InChI=1S/C25H21F3N4O3/c1-23(35,16-3-2-4-17(13-16)25(26,27)28)15-7-5-14(6-8-15)18-19-20(29)30-11-12-32(19)21(31-18)24(9-10-24)22(33)34/h2-8,11-13,35H,9-10H2,1H3,(H2,29,30)(H,33,34)/t23-/m1/s1. The number of hydrogen-bond acceptors (Lipinski definition) is 5. The van der Waals surface area contributed by atoms with Crippen molar-refractivity contribution < 1.29 is 28.2 Å². The normalized spacial score (nSPS) is 16.7. The van der Waals surface area contributed by atoms with E-state index >= 15 is 0 Å². The minimum Gasteiger partial charge on any atom is -0.480 e. The van der Waals surface area contributed by atoms with Crippen LogP contribution in [-0.2, 0) is 22.0 Å². The number of aliphatic carboxylic acids is 1. The highest BCUT2D eigenvalue weighted by atomic mass is 19.4. The van der Waals surface area contributed by atoms with Crippen molar-refractivity contribution in [3.8, 4) is 11.3 Å². The second-order valence-electron chi connectivity index (χ2n) is 8.93. The molecule has 1 aliphatic carbocycles. The van der Waals surface area contributed by atoms with Gasteiger partial charge in [0.2, 0.25) is 0 Å². The lowest BCUT2D eigenvalue weighted by Gasteiger charge is -2.25. The predicted octanol–water partition coefficient (Wildman–Crippen LogP) is 4.37. The van der Waals surface area contributed by atoms with Gasteiger partial charge in [0.25, 0.3) is 0 Å². The third-order valence-electron chi connectivity index (χ3n) is 6.64. The van der Waals surface area contributed by atoms with Gasteiger partial charge in [0.1, 0.15) is 33.9 Å². The first-order valence-corrected chi connectivity index (χ1v) is 10.8. The summed E-state index contributed by atoms with van der Waals surface area (Å²) in [6.07, 6.45) is -0.513. The summed E-state index contributed by atoms with van der Waals surface area (Å²) in [5, 5.41) is 20.9. The molecular weight excluding hydrogens is 461 g/mol. The van der Waals surface area contributed by atoms with E-state index in [-0.39, 0.29) is 11.4 Å². The van der Waals surface area contributed by atoms with Gasteiger partial charge in [-0.2, -0.15) is 13.2 Å². The molecule has 0 aliphatic heterocycles. The smallest absolute Gasteiger partial charge is 0.416 e. The van der Waals surface area contributed by atoms with Gasteiger partial charge in [-0.05, 0) is 43.0 Å². The van der Waals surface area contributed by atoms with Gasteiger partial charge in [0.05, 0.1) is 5.56 Å². The Morgan fingerprint density at radius 2 is 1.74 bits per heavy atom. The van der Waals surface area contributed by atoms with Gasteiger partial charge in [-0.25, -0.2) is 9.97 Å². The van der Waals surface area contributed by atoms with Gasteiger partial charge in [-0.15, -0.1) is 0 Å². The summed E-state index contributed by atoms with van der Waals surface area (Å²) >= 11 is 0. The Morgan fingerprint density at radius 1 is 1.09 bits per heavy atom. The molecule has 2 aromatic carbocycles. The highest BCUT2D eigenvalue weighted by Crippen LogP contribution is 2.49. The van der Waals surface area contributed by atoms with E-state index in [2.05, 4.69) is 9.97 Å². The van der Waals surface area contributed by atoms with E-state index in [4.69, 9.17) is 5.73 Å². The Bertz CT molecular complexity index is 1460. The zero-order chi connectivity index (χ0) is 25.2. The van der Waals surface area contributed by atoms with Crippen LogP contribution in [-0.4, -0.2) is 30.6 Å². The van der Waals surface area contributed by atoms with Crippen LogP contribution in [0.4, 0.5) is 19.0 Å². The number of anilines is 1. The Balaban J connectivity index is 1.57. The number of nitrogens with zero attached hydrogens (tertiary/aromatic N) is 3. The summed E-state index contributed by atoms with van der Waals surface area (Å²) in [6, 6.07) is 11.1. The highest BCUT2D eigenvalue weighted by Gasteiger charge is 2.55. The number of carbonyl (C=O) groups is 1. The molecule has 1 fully saturated rings. The van der Waals surface area contributed by atoms with Crippen molar-refractivity contribution in [2.24, 2.45) is 0 Å². The molecule has 0 radical (unpaired) electrons. The van der Waals surface area contributed by atoms with Crippen LogP contribution in [0, 0.1) is 0 Å². The third kappa shape index (κ3) is 3.61. The highest BCUT2D eigenvalue weighted by molar-refractivity contribution is 5.89. The zero-order valence-corrected chi connectivity index (χ0v) is 18.5. The number of rotatable bonds is 5. The van der Waals surface area contributed by atoms with Gasteiger partial charge in [0, 0.05) is 18.0 Å². The molecule has 5 rings (SSSR count). The predicted molar refractivity (Wildman–Crippen MR) is 122 cm³/mol. The molecule has 0 spiro atoms. The van der Waals surface area contributed by atoms with E-state index in [1.54, 1.807) is 34.9 Å². The van der Waals surface area contributed by atoms with Crippen molar-refractivity contribution in [2.45, 2.75) is 37.0 Å². The Kier molecular flexibility index (Phi) is 4.92. The lowest BCUT2D eigenvalue weighted by atomic mass is 9.87. The number of benzene rings is 2. The fourth-order valence-electron chi connectivity index (χ4n) is 4.38. The summed E-state index contributed by atoms with van der Waals surface area (Å²) in [6.45, 7) is 1.42. The maximum absolute atomic E-state index is 13.2. The van der Waals surface area contributed by atoms with Crippen molar-refractivity contribution in [3.63, 3.8) is 0 Å². The van der Waals surface area contributed by atoms with Crippen LogP contribution in [0.1, 0.15) is 42.3 Å². The minimum absolute atomic E-state index is 0.0976. The number of nitrogen functional groups attached to an aromatic ring is 1. The number of imidazole rings is 1. The molecule has 1 atom stereocenters. The number of carboxylic acids is 1. The Hall–Kier alpha value is -3.92. The van der Waals surface area contributed by atoms with Crippen LogP contribution >= 0.6 is 0 Å². The van der Waals surface area contributed by atoms with Gasteiger partial charge in [-0.1, -0.05) is 36.4 Å². The summed E-state index contributed by atoms with van der Waals surface area (Å²) in [4.78, 5) is 20.7. The average Bonchev–Trinajstić information content (AvgIpc) is 3.54. The lowest BCUT2D eigenvalue weighted by Crippen LogP contribution is -2.23. The molecule has 4 aromatic rings.